The summed E-state index contributed by atoms with van der Waals surface area (Å²) < 4.78 is 43.6. The quantitative estimate of drug-likeness (QED) is 0.535. The van der Waals surface area contributed by atoms with E-state index in [-0.39, 0.29) is 28.8 Å². The molecule has 3 rings (SSSR count). The minimum absolute atomic E-state index is 0.0594. The minimum Gasteiger partial charge on any atom is -0.444 e. The number of nitrogens with one attached hydrogen (secondary N) is 2. The normalized spacial score (nSPS) is 11.8. The average Bonchev–Trinajstić information content (AvgIpc) is 2.71. The van der Waals surface area contributed by atoms with Crippen LogP contribution in [0.2, 0.25) is 5.02 Å². The zero-order valence-electron chi connectivity index (χ0n) is 17.9. The Hall–Kier alpha value is -3.40. The number of hydrogen-bond donors (Lipinski definition) is 2. The van der Waals surface area contributed by atoms with Crippen molar-refractivity contribution in [1.82, 2.24) is 20.3 Å². The second-order valence-corrected chi connectivity index (χ2v) is 8.48. The van der Waals surface area contributed by atoms with Crippen molar-refractivity contribution >= 4 is 17.7 Å². The molecule has 174 valence electrons. The predicted molar refractivity (Wildman–Crippen MR) is 117 cm³/mol. The van der Waals surface area contributed by atoms with Crippen LogP contribution in [0.25, 0.3) is 22.8 Å². The first kappa shape index (κ1) is 24.2. The lowest BCUT2D eigenvalue weighted by Crippen LogP contribution is -2.32. The number of ether oxygens (including phenoxy) is 1. The maximum Gasteiger partial charge on any atom is 0.416 e. The Morgan fingerprint density at radius 2 is 1.76 bits per heavy atom. The van der Waals surface area contributed by atoms with Gasteiger partial charge in [0.25, 0.3) is 0 Å². The summed E-state index contributed by atoms with van der Waals surface area (Å²) in [6.45, 7) is 5.35. The number of nitrogens with zero attached hydrogens (tertiary/aromatic N) is 2. The largest absolute Gasteiger partial charge is 0.444 e. The molecule has 0 radical (unpaired) electrons. The van der Waals surface area contributed by atoms with Crippen LogP contribution < -0.4 is 11.0 Å². The molecular formula is C22H20ClF3N4O3. The molecule has 0 spiro atoms. The summed E-state index contributed by atoms with van der Waals surface area (Å²) in [5.74, 6) is 0.0184. The molecule has 2 aromatic carbocycles. The molecule has 0 saturated carbocycles. The maximum absolute atomic E-state index is 12.8. The van der Waals surface area contributed by atoms with Gasteiger partial charge < -0.3 is 10.1 Å². The summed E-state index contributed by atoms with van der Waals surface area (Å²) in [6, 6.07) is 9.01. The molecule has 1 aromatic heterocycles. The molecule has 33 heavy (non-hydrogen) atoms. The monoisotopic (exact) mass is 480 g/mol. The Kier molecular flexibility index (Phi) is 6.78. The predicted octanol–water partition coefficient (Wildman–Crippen LogP) is 5.20. The summed E-state index contributed by atoms with van der Waals surface area (Å²) in [5, 5.41) is 2.89. The number of amides is 1. The number of alkyl carbamates (subject to hydrolysis) is 1. The number of rotatable bonds is 4. The molecule has 0 fully saturated rings. The van der Waals surface area contributed by atoms with Crippen molar-refractivity contribution in [3.63, 3.8) is 0 Å². The summed E-state index contributed by atoms with van der Waals surface area (Å²) in [4.78, 5) is 34.5. The van der Waals surface area contributed by atoms with E-state index in [0.29, 0.717) is 11.1 Å². The highest BCUT2D eigenvalue weighted by atomic mass is 35.5. The van der Waals surface area contributed by atoms with Gasteiger partial charge in [-0.25, -0.2) is 14.6 Å². The van der Waals surface area contributed by atoms with Gasteiger partial charge in [-0.05, 0) is 50.6 Å². The Morgan fingerprint density at radius 3 is 2.36 bits per heavy atom. The zero-order chi connectivity index (χ0) is 24.4. The zero-order valence-corrected chi connectivity index (χ0v) is 18.6. The molecule has 1 heterocycles. The van der Waals surface area contributed by atoms with Gasteiger partial charge in [0.1, 0.15) is 11.4 Å². The van der Waals surface area contributed by atoms with Crippen LogP contribution in [0, 0.1) is 0 Å². The average molecular weight is 481 g/mol. The summed E-state index contributed by atoms with van der Waals surface area (Å²) in [6.07, 6.45) is -5.08. The third-order valence-corrected chi connectivity index (χ3v) is 4.57. The molecule has 0 bridgehead atoms. The third kappa shape index (κ3) is 6.55. The summed E-state index contributed by atoms with van der Waals surface area (Å²) >= 11 is 6.28. The van der Waals surface area contributed by atoms with E-state index >= 15 is 0 Å². The molecule has 2 N–H and O–H groups in total. The molecule has 0 saturated heterocycles. The second kappa shape index (κ2) is 9.22. The van der Waals surface area contributed by atoms with E-state index in [1.807, 2.05) is 0 Å². The molecular weight excluding hydrogens is 461 g/mol. The smallest absolute Gasteiger partial charge is 0.416 e. The molecule has 0 atom stereocenters. The SMILES string of the molecule is CC(C)(C)OC(=O)NCc1ccc(Cl)c(-c2nc(-c3ccc(C(F)(F)F)cc3)nc(=O)[nH]2)c1. The Labute approximate surface area is 192 Å². The first-order valence-electron chi connectivity index (χ1n) is 9.73. The van der Waals surface area contributed by atoms with Gasteiger partial charge in [0.05, 0.1) is 10.6 Å². The summed E-state index contributed by atoms with van der Waals surface area (Å²) in [5.41, 5.74) is -0.990. The molecule has 0 aliphatic heterocycles. The molecule has 0 aliphatic rings. The van der Waals surface area contributed by atoms with Crippen molar-refractivity contribution in [2.24, 2.45) is 0 Å². The molecule has 1 amide bonds. The lowest BCUT2D eigenvalue weighted by Gasteiger charge is -2.19. The number of carbonyl (C=O) groups excluding carboxylic acids is 1. The molecule has 0 aliphatic carbocycles. The van der Waals surface area contributed by atoms with E-state index in [0.717, 1.165) is 12.1 Å². The lowest BCUT2D eigenvalue weighted by atomic mass is 10.1. The van der Waals surface area contributed by atoms with Crippen molar-refractivity contribution in [3.05, 3.63) is 69.1 Å². The maximum atomic E-state index is 12.8. The standard InChI is InChI=1S/C22H20ClF3N4O3/c1-21(2,3)33-20(32)27-11-12-4-9-16(23)15(10-12)18-28-17(29-19(31)30-18)13-5-7-14(8-6-13)22(24,25)26/h4-10H,11H2,1-3H3,(H,27,32)(H,28,29,30,31). The first-order chi connectivity index (χ1) is 15.3. The third-order valence-electron chi connectivity index (χ3n) is 4.24. The van der Waals surface area contributed by atoms with Gasteiger partial charge in [0, 0.05) is 17.7 Å². The highest BCUT2D eigenvalue weighted by Gasteiger charge is 2.30. The van der Waals surface area contributed by atoms with Gasteiger partial charge in [-0.2, -0.15) is 18.2 Å². The van der Waals surface area contributed by atoms with Crippen molar-refractivity contribution < 1.29 is 22.7 Å². The fraction of sp³-hybridized carbons (Fsp3) is 0.273. The second-order valence-electron chi connectivity index (χ2n) is 8.07. The van der Waals surface area contributed by atoms with Crippen LogP contribution >= 0.6 is 11.6 Å². The van der Waals surface area contributed by atoms with Gasteiger partial charge in [-0.1, -0.05) is 29.8 Å². The number of halogens is 4. The van der Waals surface area contributed by atoms with E-state index in [4.69, 9.17) is 16.3 Å². The van der Waals surface area contributed by atoms with Crippen LogP contribution in [0.3, 0.4) is 0 Å². The van der Waals surface area contributed by atoms with Crippen LogP contribution in [0.1, 0.15) is 31.9 Å². The van der Waals surface area contributed by atoms with Crippen LogP contribution in [-0.4, -0.2) is 26.6 Å². The van der Waals surface area contributed by atoms with E-state index in [1.54, 1.807) is 39.0 Å². The topological polar surface area (TPSA) is 97.0 Å². The highest BCUT2D eigenvalue weighted by molar-refractivity contribution is 6.33. The Bertz CT molecular complexity index is 1220. The lowest BCUT2D eigenvalue weighted by molar-refractivity contribution is -0.137. The van der Waals surface area contributed by atoms with Crippen molar-refractivity contribution in [1.29, 1.82) is 0 Å². The minimum atomic E-state index is -4.49. The summed E-state index contributed by atoms with van der Waals surface area (Å²) in [7, 11) is 0. The molecule has 7 nitrogen and oxygen atoms in total. The van der Waals surface area contributed by atoms with Gasteiger partial charge in [0.15, 0.2) is 5.82 Å². The number of H-pyrrole nitrogens is 1. The highest BCUT2D eigenvalue weighted by Crippen LogP contribution is 2.31. The fourth-order valence-corrected chi connectivity index (χ4v) is 3.01. The number of carbonyl (C=O) groups is 1. The van der Waals surface area contributed by atoms with Gasteiger partial charge in [-0.3, -0.25) is 4.98 Å². The molecule has 11 heteroatoms. The van der Waals surface area contributed by atoms with Crippen molar-refractivity contribution in [2.75, 3.05) is 0 Å². The number of hydrogen-bond acceptors (Lipinski definition) is 5. The Balaban J connectivity index is 1.89. The van der Waals surface area contributed by atoms with Crippen molar-refractivity contribution in [3.8, 4) is 22.8 Å². The van der Waals surface area contributed by atoms with E-state index < -0.39 is 29.1 Å². The van der Waals surface area contributed by atoms with Crippen LogP contribution in [0.4, 0.5) is 18.0 Å². The number of benzene rings is 2. The van der Waals surface area contributed by atoms with Gasteiger partial charge in [0.2, 0.25) is 0 Å². The molecule has 0 unspecified atom stereocenters. The van der Waals surface area contributed by atoms with E-state index in [2.05, 4.69) is 20.3 Å². The van der Waals surface area contributed by atoms with Crippen molar-refractivity contribution in [2.45, 2.75) is 39.1 Å². The van der Waals surface area contributed by atoms with E-state index in [9.17, 15) is 22.8 Å². The van der Waals surface area contributed by atoms with Crippen LogP contribution in [0.5, 0.6) is 0 Å². The number of aromatic nitrogens is 3. The fourth-order valence-electron chi connectivity index (χ4n) is 2.80. The van der Waals surface area contributed by atoms with Gasteiger partial charge >= 0.3 is 18.0 Å². The van der Waals surface area contributed by atoms with E-state index in [1.165, 1.54) is 12.1 Å². The van der Waals surface area contributed by atoms with Crippen LogP contribution in [0.15, 0.2) is 47.3 Å². The number of aromatic amines is 1. The first-order valence-corrected chi connectivity index (χ1v) is 10.1. The number of alkyl halides is 3. The van der Waals surface area contributed by atoms with Crippen LogP contribution in [-0.2, 0) is 17.5 Å². The molecule has 3 aromatic rings. The Morgan fingerprint density at radius 1 is 1.09 bits per heavy atom. The van der Waals surface area contributed by atoms with Gasteiger partial charge in [-0.15, -0.1) is 0 Å².